The Bertz CT molecular complexity index is 941. The summed E-state index contributed by atoms with van der Waals surface area (Å²) in [6.45, 7) is 7.50. The van der Waals surface area contributed by atoms with Crippen molar-refractivity contribution in [3.05, 3.63) is 53.1 Å². The SMILES string of the molecule is Cc1cc(C)n2nc(SC(C)C(=O)NC(C)c3ccc(F)cc3)nc2n1. The van der Waals surface area contributed by atoms with Gasteiger partial charge in [0.2, 0.25) is 11.1 Å². The lowest BCUT2D eigenvalue weighted by molar-refractivity contribution is -0.120. The first-order valence-corrected chi connectivity index (χ1v) is 9.15. The van der Waals surface area contributed by atoms with Gasteiger partial charge < -0.3 is 5.32 Å². The third-order valence-electron chi connectivity index (χ3n) is 3.98. The third-order valence-corrected chi connectivity index (χ3v) is 4.93. The highest BCUT2D eigenvalue weighted by Crippen LogP contribution is 2.22. The monoisotopic (exact) mass is 373 g/mol. The van der Waals surface area contributed by atoms with E-state index in [1.165, 1.54) is 23.9 Å². The number of thioether (sulfide) groups is 1. The highest BCUT2D eigenvalue weighted by molar-refractivity contribution is 8.00. The summed E-state index contributed by atoms with van der Waals surface area (Å²) in [7, 11) is 0. The van der Waals surface area contributed by atoms with Crippen LogP contribution in [0.2, 0.25) is 0 Å². The molecule has 0 aliphatic heterocycles. The molecule has 8 heteroatoms. The van der Waals surface area contributed by atoms with Gasteiger partial charge >= 0.3 is 0 Å². The average molecular weight is 373 g/mol. The Morgan fingerprint density at radius 3 is 2.58 bits per heavy atom. The quantitative estimate of drug-likeness (QED) is 0.695. The number of fused-ring (bicyclic) bond motifs is 1. The van der Waals surface area contributed by atoms with Crippen LogP contribution in [0, 0.1) is 19.7 Å². The predicted molar refractivity (Wildman–Crippen MR) is 98.5 cm³/mol. The number of carbonyl (C=O) groups is 1. The molecule has 2 heterocycles. The lowest BCUT2D eigenvalue weighted by atomic mass is 10.1. The summed E-state index contributed by atoms with van der Waals surface area (Å²) in [5.74, 6) is 0.0945. The smallest absolute Gasteiger partial charge is 0.253 e. The van der Waals surface area contributed by atoms with Gasteiger partial charge in [0.15, 0.2) is 0 Å². The van der Waals surface area contributed by atoms with Gasteiger partial charge in [-0.15, -0.1) is 5.10 Å². The van der Waals surface area contributed by atoms with Crippen molar-refractivity contribution in [3.8, 4) is 0 Å². The van der Waals surface area contributed by atoms with Gasteiger partial charge in [-0.25, -0.2) is 13.9 Å². The first-order chi connectivity index (χ1) is 12.3. The van der Waals surface area contributed by atoms with E-state index >= 15 is 0 Å². The topological polar surface area (TPSA) is 72.2 Å². The van der Waals surface area contributed by atoms with E-state index in [4.69, 9.17) is 0 Å². The maximum atomic E-state index is 13.0. The Morgan fingerprint density at radius 2 is 1.88 bits per heavy atom. The van der Waals surface area contributed by atoms with Gasteiger partial charge in [0.25, 0.3) is 5.78 Å². The molecule has 0 spiro atoms. The summed E-state index contributed by atoms with van der Waals surface area (Å²) >= 11 is 1.28. The van der Waals surface area contributed by atoms with Crippen LogP contribution in [-0.2, 0) is 4.79 Å². The fourth-order valence-corrected chi connectivity index (χ4v) is 3.33. The zero-order chi connectivity index (χ0) is 18.8. The van der Waals surface area contributed by atoms with E-state index in [0.717, 1.165) is 17.0 Å². The number of hydrogen-bond donors (Lipinski definition) is 1. The molecule has 1 aromatic carbocycles. The second-order valence-electron chi connectivity index (χ2n) is 6.19. The number of halogens is 1. The summed E-state index contributed by atoms with van der Waals surface area (Å²) in [6.07, 6.45) is 0. The largest absolute Gasteiger partial charge is 0.349 e. The van der Waals surface area contributed by atoms with E-state index < -0.39 is 0 Å². The lowest BCUT2D eigenvalue weighted by Gasteiger charge is -2.17. The summed E-state index contributed by atoms with van der Waals surface area (Å²) in [5.41, 5.74) is 2.66. The summed E-state index contributed by atoms with van der Waals surface area (Å²) in [5, 5.41) is 7.46. The van der Waals surface area contributed by atoms with Crippen LogP contribution < -0.4 is 5.32 Å². The van der Waals surface area contributed by atoms with E-state index in [1.54, 1.807) is 23.6 Å². The Morgan fingerprint density at radius 1 is 1.19 bits per heavy atom. The lowest BCUT2D eigenvalue weighted by Crippen LogP contribution is -2.33. The van der Waals surface area contributed by atoms with Gasteiger partial charge in [-0.1, -0.05) is 23.9 Å². The van der Waals surface area contributed by atoms with Crippen LogP contribution in [0.4, 0.5) is 4.39 Å². The van der Waals surface area contributed by atoms with E-state index in [9.17, 15) is 9.18 Å². The molecule has 0 aliphatic carbocycles. The van der Waals surface area contributed by atoms with Crippen LogP contribution in [0.5, 0.6) is 0 Å². The number of amides is 1. The third kappa shape index (κ3) is 4.01. The fraction of sp³-hybridized carbons (Fsp3) is 0.333. The van der Waals surface area contributed by atoms with Gasteiger partial charge in [-0.05, 0) is 51.5 Å². The van der Waals surface area contributed by atoms with Crippen molar-refractivity contribution in [1.29, 1.82) is 0 Å². The first kappa shape index (κ1) is 18.3. The highest BCUT2D eigenvalue weighted by Gasteiger charge is 2.20. The molecule has 0 aliphatic rings. The van der Waals surface area contributed by atoms with Crippen LogP contribution >= 0.6 is 11.8 Å². The molecule has 0 radical (unpaired) electrons. The molecule has 2 unspecified atom stereocenters. The van der Waals surface area contributed by atoms with Crippen LogP contribution in [-0.4, -0.2) is 30.7 Å². The number of carbonyl (C=O) groups excluding carboxylic acids is 1. The molecule has 2 aromatic heterocycles. The van der Waals surface area contributed by atoms with Crippen molar-refractivity contribution in [2.45, 2.75) is 44.1 Å². The molecular weight excluding hydrogens is 353 g/mol. The number of hydrogen-bond acceptors (Lipinski definition) is 5. The molecule has 0 saturated heterocycles. The number of nitrogens with zero attached hydrogens (tertiary/aromatic N) is 4. The van der Waals surface area contributed by atoms with Gasteiger partial charge in [-0.3, -0.25) is 4.79 Å². The number of benzene rings is 1. The van der Waals surface area contributed by atoms with Crippen molar-refractivity contribution in [1.82, 2.24) is 24.9 Å². The maximum Gasteiger partial charge on any atom is 0.253 e. The zero-order valence-electron chi connectivity index (χ0n) is 15.0. The van der Waals surface area contributed by atoms with E-state index in [1.807, 2.05) is 26.8 Å². The molecule has 136 valence electrons. The Hall–Kier alpha value is -2.48. The van der Waals surface area contributed by atoms with Crippen LogP contribution in [0.25, 0.3) is 5.78 Å². The molecule has 26 heavy (non-hydrogen) atoms. The van der Waals surface area contributed by atoms with Crippen molar-refractivity contribution in [2.75, 3.05) is 0 Å². The number of aryl methyl sites for hydroxylation is 2. The Kier molecular flexibility index (Phi) is 5.22. The molecule has 1 N–H and O–H groups in total. The van der Waals surface area contributed by atoms with Crippen molar-refractivity contribution in [2.24, 2.45) is 0 Å². The Balaban J connectivity index is 1.67. The maximum absolute atomic E-state index is 13.0. The molecule has 3 aromatic rings. The Labute approximate surface area is 155 Å². The van der Waals surface area contributed by atoms with Crippen molar-refractivity contribution in [3.63, 3.8) is 0 Å². The molecular formula is C18H20FN5OS. The van der Waals surface area contributed by atoms with E-state index in [0.29, 0.717) is 10.9 Å². The van der Waals surface area contributed by atoms with Crippen LogP contribution in [0.15, 0.2) is 35.5 Å². The average Bonchev–Trinajstić information content (AvgIpc) is 2.97. The van der Waals surface area contributed by atoms with E-state index in [-0.39, 0.29) is 23.0 Å². The van der Waals surface area contributed by atoms with Gasteiger partial charge in [-0.2, -0.15) is 4.98 Å². The fourth-order valence-electron chi connectivity index (χ4n) is 2.58. The molecule has 0 fully saturated rings. The summed E-state index contributed by atoms with van der Waals surface area (Å²) in [6, 6.07) is 7.81. The molecule has 2 atom stereocenters. The minimum Gasteiger partial charge on any atom is -0.349 e. The molecule has 0 saturated carbocycles. The highest BCUT2D eigenvalue weighted by atomic mass is 32.2. The molecule has 6 nitrogen and oxygen atoms in total. The first-order valence-electron chi connectivity index (χ1n) is 8.27. The number of nitrogens with one attached hydrogen (secondary N) is 1. The zero-order valence-corrected chi connectivity index (χ0v) is 15.8. The van der Waals surface area contributed by atoms with Crippen LogP contribution in [0.3, 0.4) is 0 Å². The van der Waals surface area contributed by atoms with Gasteiger partial charge in [0.05, 0.1) is 11.3 Å². The van der Waals surface area contributed by atoms with Gasteiger partial charge in [0, 0.05) is 11.4 Å². The van der Waals surface area contributed by atoms with E-state index in [2.05, 4.69) is 20.4 Å². The second-order valence-corrected chi connectivity index (χ2v) is 7.49. The van der Waals surface area contributed by atoms with Crippen molar-refractivity contribution >= 4 is 23.4 Å². The van der Waals surface area contributed by atoms with Gasteiger partial charge in [0.1, 0.15) is 5.82 Å². The standard InChI is InChI=1S/C18H20FN5OS/c1-10-9-11(2)24-17(20-10)22-18(23-24)26-13(4)16(25)21-12(3)14-5-7-15(19)8-6-14/h5-9,12-13H,1-4H3,(H,21,25). The number of rotatable bonds is 5. The van der Waals surface area contributed by atoms with Crippen molar-refractivity contribution < 1.29 is 9.18 Å². The molecule has 0 bridgehead atoms. The number of aromatic nitrogens is 4. The molecule has 1 amide bonds. The minimum absolute atomic E-state index is 0.133. The predicted octanol–water partition coefficient (Wildman–Crippen LogP) is 3.24. The normalized spacial score (nSPS) is 13.6. The summed E-state index contributed by atoms with van der Waals surface area (Å²) < 4.78 is 14.7. The van der Waals surface area contributed by atoms with Crippen LogP contribution in [0.1, 0.15) is 36.8 Å². The second kappa shape index (κ2) is 7.41. The summed E-state index contributed by atoms with van der Waals surface area (Å²) in [4.78, 5) is 21.2. The molecule has 3 rings (SSSR count). The minimum atomic E-state index is -0.378.